The number of carboxylic acids is 1. The Morgan fingerprint density at radius 1 is 1.35 bits per heavy atom. The van der Waals surface area contributed by atoms with Gasteiger partial charge in [-0.1, -0.05) is 0 Å². The Labute approximate surface area is 96.4 Å². The topological polar surface area (TPSA) is 78.4 Å². The van der Waals surface area contributed by atoms with Crippen molar-refractivity contribution < 1.29 is 27.9 Å². The van der Waals surface area contributed by atoms with Crippen LogP contribution in [0.4, 0.5) is 18.0 Å². The molecule has 0 bridgehead atoms. The van der Waals surface area contributed by atoms with Crippen molar-refractivity contribution in [2.24, 2.45) is 0 Å². The van der Waals surface area contributed by atoms with Crippen molar-refractivity contribution in [2.75, 3.05) is 6.54 Å². The molecule has 0 saturated carbocycles. The zero-order valence-corrected chi connectivity index (χ0v) is 9.30. The zero-order valence-electron chi connectivity index (χ0n) is 9.30. The van der Waals surface area contributed by atoms with Gasteiger partial charge in [0, 0.05) is 19.0 Å². The Balaban J connectivity index is 3.68. The standard InChI is InChI=1S/C9H15F3N2O3/c1-6(2-3-7(15)16)14-8(17)13-5-4-9(10,11)12/h6H,2-5H2,1H3,(H,15,16)(H2,13,14,17). The molecule has 0 heterocycles. The first-order valence-electron chi connectivity index (χ1n) is 5.03. The van der Waals surface area contributed by atoms with Gasteiger partial charge < -0.3 is 15.7 Å². The molecule has 0 aliphatic carbocycles. The smallest absolute Gasteiger partial charge is 0.390 e. The molecule has 0 spiro atoms. The van der Waals surface area contributed by atoms with Gasteiger partial charge in [-0.3, -0.25) is 4.79 Å². The summed E-state index contributed by atoms with van der Waals surface area (Å²) < 4.78 is 35.2. The van der Waals surface area contributed by atoms with E-state index in [9.17, 15) is 22.8 Å². The Morgan fingerprint density at radius 3 is 2.41 bits per heavy atom. The number of aliphatic carboxylic acids is 1. The first kappa shape index (κ1) is 15.5. The number of hydrogen-bond acceptors (Lipinski definition) is 2. The number of nitrogens with one attached hydrogen (secondary N) is 2. The SMILES string of the molecule is CC(CCC(=O)O)NC(=O)NCCC(F)(F)F. The summed E-state index contributed by atoms with van der Waals surface area (Å²) in [5, 5.41) is 12.8. The lowest BCUT2D eigenvalue weighted by molar-refractivity contribution is -0.137. The zero-order chi connectivity index (χ0) is 13.5. The average Bonchev–Trinajstić information content (AvgIpc) is 2.12. The van der Waals surface area contributed by atoms with Gasteiger partial charge in [0.2, 0.25) is 0 Å². The second-order valence-electron chi connectivity index (χ2n) is 3.60. The number of carbonyl (C=O) groups excluding carboxylic acids is 1. The molecule has 1 atom stereocenters. The van der Waals surface area contributed by atoms with Gasteiger partial charge >= 0.3 is 18.2 Å². The molecule has 0 aromatic heterocycles. The van der Waals surface area contributed by atoms with E-state index in [1.807, 2.05) is 5.32 Å². The van der Waals surface area contributed by atoms with Crippen molar-refractivity contribution in [3.63, 3.8) is 0 Å². The monoisotopic (exact) mass is 256 g/mol. The number of urea groups is 1. The van der Waals surface area contributed by atoms with Crippen molar-refractivity contribution in [3.8, 4) is 0 Å². The van der Waals surface area contributed by atoms with Crippen LogP contribution < -0.4 is 10.6 Å². The maximum absolute atomic E-state index is 11.7. The van der Waals surface area contributed by atoms with Gasteiger partial charge in [0.05, 0.1) is 6.42 Å². The first-order chi connectivity index (χ1) is 7.70. The molecule has 0 fully saturated rings. The maximum Gasteiger partial charge on any atom is 0.390 e. The molecule has 17 heavy (non-hydrogen) atoms. The van der Waals surface area contributed by atoms with Gasteiger partial charge in [0.25, 0.3) is 0 Å². The van der Waals surface area contributed by atoms with Gasteiger partial charge in [-0.2, -0.15) is 13.2 Å². The quantitative estimate of drug-likeness (QED) is 0.673. The third-order valence-corrected chi connectivity index (χ3v) is 1.86. The number of halogens is 3. The molecule has 0 aliphatic rings. The van der Waals surface area contributed by atoms with Crippen molar-refractivity contribution in [2.45, 2.75) is 38.4 Å². The Bertz CT molecular complexity index is 269. The Morgan fingerprint density at radius 2 is 1.94 bits per heavy atom. The van der Waals surface area contributed by atoms with Gasteiger partial charge in [0.15, 0.2) is 0 Å². The molecule has 0 saturated heterocycles. The summed E-state index contributed by atoms with van der Waals surface area (Å²) in [7, 11) is 0. The molecule has 2 amide bonds. The largest absolute Gasteiger partial charge is 0.481 e. The van der Waals surface area contributed by atoms with Crippen LogP contribution in [0.2, 0.25) is 0 Å². The summed E-state index contributed by atoms with van der Waals surface area (Å²) in [6.45, 7) is 1.08. The third-order valence-electron chi connectivity index (χ3n) is 1.86. The van der Waals surface area contributed by atoms with Crippen LogP contribution in [0.15, 0.2) is 0 Å². The highest BCUT2D eigenvalue weighted by molar-refractivity contribution is 5.74. The normalized spacial score (nSPS) is 12.9. The second-order valence-corrected chi connectivity index (χ2v) is 3.60. The lowest BCUT2D eigenvalue weighted by atomic mass is 10.2. The number of hydrogen-bond donors (Lipinski definition) is 3. The van der Waals surface area contributed by atoms with Crippen LogP contribution in [-0.4, -0.2) is 35.9 Å². The third kappa shape index (κ3) is 10.8. The fourth-order valence-corrected chi connectivity index (χ4v) is 1.00. The van der Waals surface area contributed by atoms with E-state index in [2.05, 4.69) is 5.32 Å². The van der Waals surface area contributed by atoms with Gasteiger partial charge in [-0.25, -0.2) is 4.79 Å². The van der Waals surface area contributed by atoms with Crippen molar-refractivity contribution >= 4 is 12.0 Å². The predicted octanol–water partition coefficient (Wildman–Crippen LogP) is 1.49. The lowest BCUT2D eigenvalue weighted by Crippen LogP contribution is -2.42. The van der Waals surface area contributed by atoms with Gasteiger partial charge in [-0.05, 0) is 13.3 Å². The van der Waals surface area contributed by atoms with E-state index in [-0.39, 0.29) is 12.8 Å². The Kier molecular flexibility index (Phi) is 6.37. The van der Waals surface area contributed by atoms with E-state index in [1.165, 1.54) is 0 Å². The van der Waals surface area contributed by atoms with E-state index < -0.39 is 37.2 Å². The molecule has 0 aliphatic heterocycles. The van der Waals surface area contributed by atoms with E-state index >= 15 is 0 Å². The minimum Gasteiger partial charge on any atom is -0.481 e. The number of rotatable bonds is 6. The Hall–Kier alpha value is -1.47. The molecule has 100 valence electrons. The highest BCUT2D eigenvalue weighted by atomic mass is 19.4. The number of alkyl halides is 3. The molecule has 0 radical (unpaired) electrons. The van der Waals surface area contributed by atoms with Crippen LogP contribution >= 0.6 is 0 Å². The highest BCUT2D eigenvalue weighted by Crippen LogP contribution is 2.17. The summed E-state index contributed by atoms with van der Waals surface area (Å²) in [6.07, 6.45) is -5.28. The maximum atomic E-state index is 11.7. The van der Waals surface area contributed by atoms with Crippen molar-refractivity contribution in [1.29, 1.82) is 0 Å². The highest BCUT2D eigenvalue weighted by Gasteiger charge is 2.26. The molecule has 1 unspecified atom stereocenters. The van der Waals surface area contributed by atoms with E-state index in [4.69, 9.17) is 5.11 Å². The summed E-state index contributed by atoms with van der Waals surface area (Å²) in [5.41, 5.74) is 0. The molecule has 0 aromatic rings. The fourth-order valence-electron chi connectivity index (χ4n) is 1.00. The molecule has 0 rings (SSSR count). The molecule has 5 nitrogen and oxygen atoms in total. The average molecular weight is 256 g/mol. The van der Waals surface area contributed by atoms with Crippen LogP contribution in [0.3, 0.4) is 0 Å². The van der Waals surface area contributed by atoms with Crippen molar-refractivity contribution in [3.05, 3.63) is 0 Å². The minimum absolute atomic E-state index is 0.107. The summed E-state index contributed by atoms with van der Waals surface area (Å²) >= 11 is 0. The summed E-state index contributed by atoms with van der Waals surface area (Å²) in [5.74, 6) is -0.990. The molecule has 3 N–H and O–H groups in total. The lowest BCUT2D eigenvalue weighted by Gasteiger charge is -2.14. The molecule has 0 aromatic carbocycles. The van der Waals surface area contributed by atoms with Crippen LogP contribution in [0.1, 0.15) is 26.2 Å². The number of carbonyl (C=O) groups is 2. The number of carboxylic acid groups (broad SMARTS) is 1. The fraction of sp³-hybridized carbons (Fsp3) is 0.778. The molecular formula is C9H15F3N2O3. The summed E-state index contributed by atoms with van der Waals surface area (Å²) in [6, 6.07) is -1.14. The predicted molar refractivity (Wildman–Crippen MR) is 53.5 cm³/mol. The second kappa shape index (κ2) is 6.97. The minimum atomic E-state index is -4.30. The van der Waals surface area contributed by atoms with Crippen LogP contribution in [0.25, 0.3) is 0 Å². The van der Waals surface area contributed by atoms with Gasteiger partial charge in [0.1, 0.15) is 0 Å². The first-order valence-corrected chi connectivity index (χ1v) is 5.03. The van der Waals surface area contributed by atoms with Crippen LogP contribution in [0, 0.1) is 0 Å². The van der Waals surface area contributed by atoms with Gasteiger partial charge in [-0.15, -0.1) is 0 Å². The van der Waals surface area contributed by atoms with E-state index in [0.29, 0.717) is 0 Å². The molecule has 8 heteroatoms. The van der Waals surface area contributed by atoms with E-state index in [0.717, 1.165) is 0 Å². The summed E-state index contributed by atoms with van der Waals surface area (Å²) in [4.78, 5) is 21.3. The van der Waals surface area contributed by atoms with Crippen molar-refractivity contribution in [1.82, 2.24) is 10.6 Å². The number of amides is 2. The van der Waals surface area contributed by atoms with Crippen LogP contribution in [-0.2, 0) is 4.79 Å². The molecular weight excluding hydrogens is 241 g/mol. The van der Waals surface area contributed by atoms with E-state index in [1.54, 1.807) is 6.92 Å². The van der Waals surface area contributed by atoms with Crippen LogP contribution in [0.5, 0.6) is 0 Å².